The van der Waals surface area contributed by atoms with E-state index < -0.39 is 0 Å². The lowest BCUT2D eigenvalue weighted by atomic mass is 10.2. The van der Waals surface area contributed by atoms with Gasteiger partial charge in [-0.1, -0.05) is 27.5 Å². The number of halogens is 2. The molecule has 22 heavy (non-hydrogen) atoms. The fourth-order valence-corrected chi connectivity index (χ4v) is 2.32. The standard InChI is InChI=1S/C16H14BrClN2O2/c1-10-8-13(18)6-7-14(10)20-15(21)9-19-16(22)11-2-4-12(17)5-3-11/h2-8H,9H2,1H3,(H,19,22)(H,20,21). The molecular formula is C16H14BrClN2O2. The summed E-state index contributed by atoms with van der Waals surface area (Å²) in [5.41, 5.74) is 2.03. The number of benzene rings is 2. The highest BCUT2D eigenvalue weighted by Gasteiger charge is 2.09. The number of hydrogen-bond acceptors (Lipinski definition) is 2. The Morgan fingerprint density at radius 2 is 1.82 bits per heavy atom. The smallest absolute Gasteiger partial charge is 0.251 e. The van der Waals surface area contributed by atoms with Crippen molar-refractivity contribution >= 4 is 45.0 Å². The molecule has 2 N–H and O–H groups in total. The highest BCUT2D eigenvalue weighted by molar-refractivity contribution is 9.10. The van der Waals surface area contributed by atoms with Crippen molar-refractivity contribution in [2.24, 2.45) is 0 Å². The Kier molecular flexibility index (Phi) is 5.57. The minimum atomic E-state index is -0.296. The van der Waals surface area contributed by atoms with Gasteiger partial charge in [-0.2, -0.15) is 0 Å². The second-order valence-corrected chi connectivity index (χ2v) is 6.05. The molecule has 114 valence electrons. The van der Waals surface area contributed by atoms with Gasteiger partial charge in [0.15, 0.2) is 0 Å². The van der Waals surface area contributed by atoms with Gasteiger partial charge in [0.05, 0.1) is 6.54 Å². The van der Waals surface area contributed by atoms with Crippen LogP contribution in [0.4, 0.5) is 5.69 Å². The first-order valence-corrected chi connectivity index (χ1v) is 7.72. The van der Waals surface area contributed by atoms with Crippen LogP contribution in [0.15, 0.2) is 46.9 Å². The molecule has 0 unspecified atom stereocenters. The molecule has 0 aromatic heterocycles. The summed E-state index contributed by atoms with van der Waals surface area (Å²) in [5, 5.41) is 5.92. The fourth-order valence-electron chi connectivity index (χ4n) is 1.83. The maximum Gasteiger partial charge on any atom is 0.251 e. The molecule has 4 nitrogen and oxygen atoms in total. The van der Waals surface area contributed by atoms with Crippen LogP contribution in [-0.2, 0) is 4.79 Å². The number of hydrogen-bond donors (Lipinski definition) is 2. The van der Waals surface area contributed by atoms with Gasteiger partial charge in [-0.25, -0.2) is 0 Å². The van der Waals surface area contributed by atoms with Crippen molar-refractivity contribution in [2.75, 3.05) is 11.9 Å². The van der Waals surface area contributed by atoms with Crippen LogP contribution >= 0.6 is 27.5 Å². The fraction of sp³-hybridized carbons (Fsp3) is 0.125. The lowest BCUT2D eigenvalue weighted by Crippen LogP contribution is -2.32. The van der Waals surface area contributed by atoms with Crippen molar-refractivity contribution in [1.82, 2.24) is 5.32 Å². The predicted octanol–water partition coefficient (Wildman–Crippen LogP) is 3.78. The summed E-state index contributed by atoms with van der Waals surface area (Å²) in [7, 11) is 0. The highest BCUT2D eigenvalue weighted by atomic mass is 79.9. The lowest BCUT2D eigenvalue weighted by molar-refractivity contribution is -0.115. The summed E-state index contributed by atoms with van der Waals surface area (Å²) in [6, 6.07) is 12.1. The van der Waals surface area contributed by atoms with E-state index in [4.69, 9.17) is 11.6 Å². The van der Waals surface area contributed by atoms with Crippen LogP contribution in [0.25, 0.3) is 0 Å². The topological polar surface area (TPSA) is 58.2 Å². The van der Waals surface area contributed by atoms with Gasteiger partial charge in [0, 0.05) is 20.7 Å². The Bertz CT molecular complexity index is 702. The zero-order valence-corrected chi connectivity index (χ0v) is 14.2. The van der Waals surface area contributed by atoms with Gasteiger partial charge in [-0.3, -0.25) is 9.59 Å². The van der Waals surface area contributed by atoms with Crippen molar-refractivity contribution < 1.29 is 9.59 Å². The summed E-state index contributed by atoms with van der Waals surface area (Å²) < 4.78 is 0.889. The average Bonchev–Trinajstić information content (AvgIpc) is 2.48. The monoisotopic (exact) mass is 380 g/mol. The number of amides is 2. The van der Waals surface area contributed by atoms with E-state index in [9.17, 15) is 9.59 Å². The van der Waals surface area contributed by atoms with Gasteiger partial charge in [0.1, 0.15) is 0 Å². The molecule has 0 heterocycles. The van der Waals surface area contributed by atoms with Crippen LogP contribution in [0.5, 0.6) is 0 Å². The number of carbonyl (C=O) groups is 2. The number of aryl methyl sites for hydroxylation is 1. The molecule has 2 aromatic rings. The average molecular weight is 382 g/mol. The minimum Gasteiger partial charge on any atom is -0.343 e. The largest absolute Gasteiger partial charge is 0.343 e. The molecule has 0 aliphatic heterocycles. The lowest BCUT2D eigenvalue weighted by Gasteiger charge is -2.09. The molecule has 0 atom stereocenters. The Hall–Kier alpha value is -1.85. The summed E-state index contributed by atoms with van der Waals surface area (Å²) in [5.74, 6) is -0.591. The second kappa shape index (κ2) is 7.42. The first kappa shape index (κ1) is 16.5. The van der Waals surface area contributed by atoms with E-state index in [1.54, 1.807) is 42.5 Å². The molecule has 0 saturated heterocycles. The summed E-state index contributed by atoms with van der Waals surface area (Å²) in [6.07, 6.45) is 0. The van der Waals surface area contributed by atoms with Crippen molar-refractivity contribution in [1.29, 1.82) is 0 Å². The first-order chi connectivity index (χ1) is 10.5. The summed E-state index contributed by atoms with van der Waals surface area (Å²) in [4.78, 5) is 23.8. The van der Waals surface area contributed by atoms with Crippen molar-refractivity contribution in [3.63, 3.8) is 0 Å². The third kappa shape index (κ3) is 4.58. The Balaban J connectivity index is 1.89. The van der Waals surface area contributed by atoms with Gasteiger partial charge >= 0.3 is 0 Å². The Morgan fingerprint density at radius 1 is 1.14 bits per heavy atom. The number of nitrogens with one attached hydrogen (secondary N) is 2. The predicted molar refractivity (Wildman–Crippen MR) is 91.3 cm³/mol. The van der Waals surface area contributed by atoms with Crippen LogP contribution < -0.4 is 10.6 Å². The molecule has 0 aliphatic carbocycles. The zero-order chi connectivity index (χ0) is 16.1. The van der Waals surface area contributed by atoms with Gasteiger partial charge in [-0.15, -0.1) is 0 Å². The molecule has 0 spiro atoms. The van der Waals surface area contributed by atoms with E-state index in [0.717, 1.165) is 10.0 Å². The van der Waals surface area contributed by atoms with Crippen LogP contribution in [0, 0.1) is 6.92 Å². The van der Waals surface area contributed by atoms with Gasteiger partial charge in [0.2, 0.25) is 5.91 Å². The van der Waals surface area contributed by atoms with Crippen molar-refractivity contribution in [3.8, 4) is 0 Å². The van der Waals surface area contributed by atoms with Crippen molar-refractivity contribution in [3.05, 3.63) is 63.1 Å². The summed E-state index contributed by atoms with van der Waals surface area (Å²) in [6.45, 7) is 1.75. The van der Waals surface area contributed by atoms with E-state index >= 15 is 0 Å². The molecular weight excluding hydrogens is 368 g/mol. The van der Waals surface area contributed by atoms with Gasteiger partial charge in [-0.05, 0) is 55.0 Å². The van der Waals surface area contributed by atoms with Crippen LogP contribution in [0.3, 0.4) is 0 Å². The maximum absolute atomic E-state index is 11.9. The first-order valence-electron chi connectivity index (χ1n) is 6.55. The molecule has 6 heteroatoms. The number of carbonyl (C=O) groups excluding carboxylic acids is 2. The van der Waals surface area contributed by atoms with Crippen molar-refractivity contribution in [2.45, 2.75) is 6.92 Å². The van der Waals surface area contributed by atoms with Gasteiger partial charge in [0.25, 0.3) is 5.91 Å². The Labute approximate surface area is 142 Å². The molecule has 0 saturated carbocycles. The number of anilines is 1. The highest BCUT2D eigenvalue weighted by Crippen LogP contribution is 2.19. The molecule has 2 rings (SSSR count). The quantitative estimate of drug-likeness (QED) is 0.847. The van der Waals surface area contributed by atoms with E-state index in [-0.39, 0.29) is 18.4 Å². The Morgan fingerprint density at radius 3 is 2.45 bits per heavy atom. The van der Waals surface area contributed by atoms with Gasteiger partial charge < -0.3 is 10.6 Å². The number of rotatable bonds is 4. The third-order valence-electron chi connectivity index (χ3n) is 2.98. The maximum atomic E-state index is 11.9. The van der Waals surface area contributed by atoms with E-state index in [2.05, 4.69) is 26.6 Å². The summed E-state index contributed by atoms with van der Waals surface area (Å²) >= 11 is 9.16. The molecule has 2 aromatic carbocycles. The van der Waals surface area contributed by atoms with Crippen LogP contribution in [0.1, 0.15) is 15.9 Å². The van der Waals surface area contributed by atoms with E-state index in [1.807, 2.05) is 6.92 Å². The minimum absolute atomic E-state index is 0.100. The van der Waals surface area contributed by atoms with E-state index in [0.29, 0.717) is 16.3 Å². The normalized spacial score (nSPS) is 10.1. The van der Waals surface area contributed by atoms with Crippen LogP contribution in [-0.4, -0.2) is 18.4 Å². The molecule has 0 radical (unpaired) electrons. The van der Waals surface area contributed by atoms with Crippen LogP contribution in [0.2, 0.25) is 5.02 Å². The molecule has 2 amide bonds. The SMILES string of the molecule is Cc1cc(Cl)ccc1NC(=O)CNC(=O)c1ccc(Br)cc1. The molecule has 0 aliphatic rings. The third-order valence-corrected chi connectivity index (χ3v) is 3.74. The second-order valence-electron chi connectivity index (χ2n) is 4.70. The van der Waals surface area contributed by atoms with E-state index in [1.165, 1.54) is 0 Å². The molecule has 0 bridgehead atoms. The zero-order valence-electron chi connectivity index (χ0n) is 11.8. The molecule has 0 fully saturated rings.